The van der Waals surface area contributed by atoms with Gasteiger partial charge in [-0.25, -0.2) is 9.18 Å². The van der Waals surface area contributed by atoms with Crippen LogP contribution in [0.5, 0.6) is 5.75 Å². The summed E-state index contributed by atoms with van der Waals surface area (Å²) >= 11 is 3.09. The van der Waals surface area contributed by atoms with Gasteiger partial charge in [0, 0.05) is 0 Å². The van der Waals surface area contributed by atoms with Crippen LogP contribution >= 0.6 is 15.9 Å². The first-order valence-corrected chi connectivity index (χ1v) is 4.79. The van der Waals surface area contributed by atoms with E-state index >= 15 is 0 Å². The summed E-state index contributed by atoms with van der Waals surface area (Å²) in [6.45, 7) is 3.16. The summed E-state index contributed by atoms with van der Waals surface area (Å²) in [5, 5.41) is 8.52. The normalized spacial score (nSPS) is 9.73. The highest BCUT2D eigenvalue weighted by Crippen LogP contribution is 2.25. The van der Waals surface area contributed by atoms with Crippen molar-refractivity contribution in [3.05, 3.63) is 40.6 Å². The van der Waals surface area contributed by atoms with E-state index in [1.807, 2.05) is 0 Å². The van der Waals surface area contributed by atoms with E-state index in [0.29, 0.717) is 10.2 Å². The summed E-state index contributed by atoms with van der Waals surface area (Å²) in [4.78, 5) is 10.4. The quantitative estimate of drug-likeness (QED) is 0.859. The third kappa shape index (κ3) is 3.36. The average molecular weight is 275 g/mol. The molecule has 0 unspecified atom stereocenters. The smallest absolute Gasteiger partial charge is 0.334 e. The Kier molecular flexibility index (Phi) is 3.85. The molecule has 0 atom stereocenters. The zero-order chi connectivity index (χ0) is 11.4. The van der Waals surface area contributed by atoms with Crippen LogP contribution in [0.15, 0.2) is 34.8 Å². The van der Waals surface area contributed by atoms with Crippen molar-refractivity contribution in [2.24, 2.45) is 0 Å². The van der Waals surface area contributed by atoms with Crippen molar-refractivity contribution in [3.8, 4) is 5.75 Å². The molecule has 1 rings (SSSR count). The van der Waals surface area contributed by atoms with Gasteiger partial charge in [-0.1, -0.05) is 6.58 Å². The van der Waals surface area contributed by atoms with Crippen LogP contribution < -0.4 is 4.74 Å². The topological polar surface area (TPSA) is 46.5 Å². The first-order valence-electron chi connectivity index (χ1n) is 3.99. The van der Waals surface area contributed by atoms with Gasteiger partial charge in [-0.3, -0.25) is 0 Å². The van der Waals surface area contributed by atoms with E-state index in [1.165, 1.54) is 18.2 Å². The molecule has 0 saturated carbocycles. The molecule has 0 aromatic heterocycles. The molecule has 80 valence electrons. The average Bonchev–Trinajstić information content (AvgIpc) is 2.15. The lowest BCUT2D eigenvalue weighted by molar-refractivity contribution is -0.133. The molecule has 0 spiro atoms. The van der Waals surface area contributed by atoms with Crippen LogP contribution in [0.25, 0.3) is 0 Å². The Bertz CT molecular complexity index is 404. The van der Waals surface area contributed by atoms with Crippen molar-refractivity contribution in [2.45, 2.75) is 0 Å². The third-order valence-electron chi connectivity index (χ3n) is 1.60. The number of carboxylic acids is 1. The van der Waals surface area contributed by atoms with Crippen LogP contribution in [0.2, 0.25) is 0 Å². The van der Waals surface area contributed by atoms with Gasteiger partial charge in [-0.15, -0.1) is 0 Å². The Morgan fingerprint density at radius 3 is 2.80 bits per heavy atom. The van der Waals surface area contributed by atoms with E-state index in [9.17, 15) is 9.18 Å². The van der Waals surface area contributed by atoms with Crippen molar-refractivity contribution >= 4 is 21.9 Å². The standard InChI is InChI=1S/C10H8BrFO3/c1-6(10(13)14)5-15-9-3-2-7(12)4-8(9)11/h2-4H,1,5H2,(H,13,14). The summed E-state index contributed by atoms with van der Waals surface area (Å²) in [6.07, 6.45) is 0. The zero-order valence-electron chi connectivity index (χ0n) is 7.67. The lowest BCUT2D eigenvalue weighted by Crippen LogP contribution is -2.09. The van der Waals surface area contributed by atoms with E-state index in [-0.39, 0.29) is 12.2 Å². The van der Waals surface area contributed by atoms with Gasteiger partial charge >= 0.3 is 5.97 Å². The largest absolute Gasteiger partial charge is 0.487 e. The summed E-state index contributed by atoms with van der Waals surface area (Å²) in [6, 6.07) is 3.87. The lowest BCUT2D eigenvalue weighted by atomic mass is 10.3. The van der Waals surface area contributed by atoms with Crippen LogP contribution in [-0.2, 0) is 4.79 Å². The fraction of sp³-hybridized carbons (Fsp3) is 0.100. The fourth-order valence-electron chi connectivity index (χ4n) is 0.819. The van der Waals surface area contributed by atoms with Crippen LogP contribution in [0.3, 0.4) is 0 Å². The van der Waals surface area contributed by atoms with Gasteiger partial charge in [0.2, 0.25) is 0 Å². The molecule has 1 aromatic carbocycles. The molecule has 0 bridgehead atoms. The van der Waals surface area contributed by atoms with E-state index in [0.717, 1.165) is 0 Å². The number of hydrogen-bond donors (Lipinski definition) is 1. The second-order valence-electron chi connectivity index (χ2n) is 2.77. The first kappa shape index (κ1) is 11.7. The van der Waals surface area contributed by atoms with Crippen molar-refractivity contribution in [1.29, 1.82) is 0 Å². The van der Waals surface area contributed by atoms with Crippen LogP contribution in [0, 0.1) is 5.82 Å². The van der Waals surface area contributed by atoms with E-state index < -0.39 is 11.8 Å². The summed E-state index contributed by atoms with van der Waals surface area (Å²) in [7, 11) is 0. The number of halogens is 2. The predicted octanol–water partition coefficient (Wildman–Crippen LogP) is 2.61. The van der Waals surface area contributed by atoms with Gasteiger partial charge in [0.05, 0.1) is 10.0 Å². The molecule has 1 aromatic rings. The highest BCUT2D eigenvalue weighted by molar-refractivity contribution is 9.10. The lowest BCUT2D eigenvalue weighted by Gasteiger charge is -2.07. The Labute approximate surface area is 94.3 Å². The molecule has 0 heterocycles. The SMILES string of the molecule is C=C(COc1ccc(F)cc1Br)C(=O)O. The Balaban J connectivity index is 2.66. The minimum absolute atomic E-state index is 0.0637. The molecule has 5 heteroatoms. The van der Waals surface area contributed by atoms with Crippen molar-refractivity contribution < 1.29 is 19.0 Å². The Hall–Kier alpha value is -1.36. The van der Waals surface area contributed by atoms with Crippen LogP contribution in [0.4, 0.5) is 4.39 Å². The molecular weight excluding hydrogens is 267 g/mol. The molecule has 0 amide bonds. The summed E-state index contributed by atoms with van der Waals surface area (Å²) in [5.41, 5.74) is -0.0637. The molecule has 0 aliphatic heterocycles. The van der Waals surface area contributed by atoms with Crippen molar-refractivity contribution in [2.75, 3.05) is 6.61 Å². The second-order valence-corrected chi connectivity index (χ2v) is 3.63. The number of hydrogen-bond acceptors (Lipinski definition) is 2. The molecule has 0 aliphatic carbocycles. The first-order chi connectivity index (χ1) is 7.00. The summed E-state index contributed by atoms with van der Waals surface area (Å²) in [5.74, 6) is -1.14. The third-order valence-corrected chi connectivity index (χ3v) is 2.22. The van der Waals surface area contributed by atoms with Gasteiger partial charge in [0.1, 0.15) is 18.2 Å². The van der Waals surface area contributed by atoms with Gasteiger partial charge in [-0.05, 0) is 34.1 Å². The maximum absolute atomic E-state index is 12.7. The number of ether oxygens (including phenoxy) is 1. The predicted molar refractivity (Wildman–Crippen MR) is 56.4 cm³/mol. The van der Waals surface area contributed by atoms with E-state index in [2.05, 4.69) is 22.5 Å². The number of carbonyl (C=O) groups is 1. The monoisotopic (exact) mass is 274 g/mol. The van der Waals surface area contributed by atoms with E-state index in [1.54, 1.807) is 0 Å². The number of rotatable bonds is 4. The Morgan fingerprint density at radius 1 is 1.60 bits per heavy atom. The van der Waals surface area contributed by atoms with Crippen molar-refractivity contribution in [3.63, 3.8) is 0 Å². The minimum atomic E-state index is -1.12. The highest BCUT2D eigenvalue weighted by atomic mass is 79.9. The second kappa shape index (κ2) is 4.93. The number of aliphatic carboxylic acids is 1. The maximum Gasteiger partial charge on any atom is 0.334 e. The van der Waals surface area contributed by atoms with Gasteiger partial charge in [0.25, 0.3) is 0 Å². The molecule has 15 heavy (non-hydrogen) atoms. The molecular formula is C10H8BrFO3. The molecule has 0 fully saturated rings. The number of carboxylic acid groups (broad SMARTS) is 1. The molecule has 0 saturated heterocycles. The van der Waals surface area contributed by atoms with Crippen LogP contribution in [-0.4, -0.2) is 17.7 Å². The zero-order valence-corrected chi connectivity index (χ0v) is 9.25. The number of benzene rings is 1. The highest BCUT2D eigenvalue weighted by Gasteiger charge is 2.07. The van der Waals surface area contributed by atoms with E-state index in [4.69, 9.17) is 9.84 Å². The molecule has 3 nitrogen and oxygen atoms in total. The van der Waals surface area contributed by atoms with Gasteiger partial charge in [0.15, 0.2) is 0 Å². The maximum atomic E-state index is 12.7. The van der Waals surface area contributed by atoms with Gasteiger partial charge < -0.3 is 9.84 Å². The van der Waals surface area contributed by atoms with Crippen molar-refractivity contribution in [1.82, 2.24) is 0 Å². The minimum Gasteiger partial charge on any atom is -0.487 e. The molecule has 0 radical (unpaired) electrons. The Morgan fingerprint density at radius 2 is 2.27 bits per heavy atom. The molecule has 0 aliphatic rings. The van der Waals surface area contributed by atoms with Crippen LogP contribution in [0.1, 0.15) is 0 Å². The molecule has 1 N–H and O–H groups in total. The fourth-order valence-corrected chi connectivity index (χ4v) is 1.28. The summed E-state index contributed by atoms with van der Waals surface area (Å²) < 4.78 is 18.2. The van der Waals surface area contributed by atoms with Gasteiger partial charge in [-0.2, -0.15) is 0 Å².